The van der Waals surface area contributed by atoms with E-state index in [9.17, 15) is 28.1 Å². The molecule has 9 nitrogen and oxygen atoms in total. The molecule has 0 saturated carbocycles. The van der Waals surface area contributed by atoms with Gasteiger partial charge in [0.15, 0.2) is 0 Å². The number of hydrogen-bond acceptors (Lipinski definition) is 7. The van der Waals surface area contributed by atoms with Crippen LogP contribution in [0.25, 0.3) is 0 Å². The van der Waals surface area contributed by atoms with Crippen molar-refractivity contribution in [3.63, 3.8) is 0 Å². The van der Waals surface area contributed by atoms with Gasteiger partial charge in [0.05, 0.1) is 16.9 Å². The summed E-state index contributed by atoms with van der Waals surface area (Å²) in [5.41, 5.74) is -0.262. The fraction of sp³-hybridized carbons (Fsp3) is 0.231. The molecule has 0 aliphatic rings. The van der Waals surface area contributed by atoms with Crippen molar-refractivity contribution in [3.05, 3.63) is 46.5 Å². The van der Waals surface area contributed by atoms with Crippen molar-refractivity contribution in [1.29, 1.82) is 0 Å². The van der Waals surface area contributed by atoms with Gasteiger partial charge in [0.2, 0.25) is 10.0 Å². The number of hydrogen-bond donors (Lipinski definition) is 1. The Bertz CT molecular complexity index is 710. The summed E-state index contributed by atoms with van der Waals surface area (Å²) in [5, 5.41) is 10.6. The van der Waals surface area contributed by atoms with Crippen LogP contribution in [0.3, 0.4) is 0 Å². The molecule has 1 N–H and O–H groups in total. The Morgan fingerprint density at radius 2 is 2.00 bits per heavy atom. The molecular formula is C13H14N2O7S. The van der Waals surface area contributed by atoms with Gasteiger partial charge in [-0.1, -0.05) is 6.08 Å². The fourth-order valence-electron chi connectivity index (χ4n) is 1.61. The van der Waals surface area contributed by atoms with E-state index in [1.165, 1.54) is 6.08 Å². The number of aldehydes is 1. The molecule has 1 atom stereocenters. The lowest BCUT2D eigenvalue weighted by molar-refractivity contribution is -0.384. The normalized spacial score (nSPS) is 12.7. The van der Waals surface area contributed by atoms with Gasteiger partial charge in [-0.15, -0.1) is 0 Å². The number of sulfonamides is 1. The lowest BCUT2D eigenvalue weighted by atomic mass is 10.2. The van der Waals surface area contributed by atoms with Gasteiger partial charge in [-0.2, -0.15) is 4.72 Å². The summed E-state index contributed by atoms with van der Waals surface area (Å²) < 4.78 is 31.0. The van der Waals surface area contributed by atoms with Crippen LogP contribution in [0.15, 0.2) is 41.3 Å². The molecule has 23 heavy (non-hydrogen) atoms. The number of nitrogens with one attached hydrogen (secondary N) is 1. The Kier molecular flexibility index (Phi) is 6.54. The summed E-state index contributed by atoms with van der Waals surface area (Å²) >= 11 is 0. The van der Waals surface area contributed by atoms with Crippen LogP contribution in [-0.2, 0) is 24.3 Å². The van der Waals surface area contributed by atoms with E-state index in [4.69, 9.17) is 0 Å². The second-order valence-corrected chi connectivity index (χ2v) is 5.96. The predicted molar refractivity (Wildman–Crippen MR) is 79.0 cm³/mol. The van der Waals surface area contributed by atoms with Crippen molar-refractivity contribution in [1.82, 2.24) is 4.72 Å². The number of allylic oxidation sites excluding steroid dienone is 1. The Morgan fingerprint density at radius 3 is 2.48 bits per heavy atom. The highest BCUT2D eigenvalue weighted by Gasteiger charge is 2.25. The lowest BCUT2D eigenvalue weighted by Gasteiger charge is -2.15. The number of nitro benzene ring substituents is 1. The first-order valence-electron chi connectivity index (χ1n) is 6.26. The summed E-state index contributed by atoms with van der Waals surface area (Å²) in [6, 6.07) is 2.95. The number of carbonyl (C=O) groups excluding carboxylic acids is 2. The molecule has 1 aromatic rings. The number of ether oxygens (including phenoxy) is 1. The third kappa shape index (κ3) is 5.27. The molecule has 124 valence electrons. The molecule has 0 aliphatic heterocycles. The molecule has 0 aromatic heterocycles. The van der Waals surface area contributed by atoms with Crippen LogP contribution in [0.4, 0.5) is 5.69 Å². The van der Waals surface area contributed by atoms with E-state index in [1.807, 2.05) is 0 Å². The van der Waals surface area contributed by atoms with Gasteiger partial charge in [-0.05, 0) is 24.6 Å². The van der Waals surface area contributed by atoms with Crippen LogP contribution in [0.5, 0.6) is 0 Å². The van der Waals surface area contributed by atoms with Gasteiger partial charge >= 0.3 is 5.97 Å². The number of rotatable bonds is 8. The van der Waals surface area contributed by atoms with E-state index in [0.29, 0.717) is 6.29 Å². The largest absolute Gasteiger partial charge is 0.468 e. The maximum absolute atomic E-state index is 12.2. The van der Waals surface area contributed by atoms with E-state index in [1.54, 1.807) is 0 Å². The van der Waals surface area contributed by atoms with Crippen molar-refractivity contribution in [2.45, 2.75) is 17.4 Å². The maximum Gasteiger partial charge on any atom is 0.324 e. The van der Waals surface area contributed by atoms with Crippen molar-refractivity contribution in [2.75, 3.05) is 7.11 Å². The average molecular weight is 342 g/mol. The smallest absolute Gasteiger partial charge is 0.324 e. The molecule has 0 spiro atoms. The molecule has 0 bridgehead atoms. The first-order valence-corrected chi connectivity index (χ1v) is 7.75. The van der Waals surface area contributed by atoms with Crippen LogP contribution in [0.1, 0.15) is 6.42 Å². The van der Waals surface area contributed by atoms with E-state index in [-0.39, 0.29) is 17.0 Å². The monoisotopic (exact) mass is 342 g/mol. The molecule has 0 aliphatic carbocycles. The highest BCUT2D eigenvalue weighted by atomic mass is 32.2. The summed E-state index contributed by atoms with van der Waals surface area (Å²) in [6.45, 7) is 0. The number of nitrogens with zero attached hydrogens (tertiary/aromatic N) is 1. The Labute approximate surface area is 132 Å². The molecule has 10 heteroatoms. The van der Waals surface area contributed by atoms with Crippen LogP contribution >= 0.6 is 0 Å². The van der Waals surface area contributed by atoms with Crippen LogP contribution in [-0.4, -0.2) is 38.7 Å². The molecule has 0 radical (unpaired) electrons. The molecule has 0 saturated heterocycles. The standard InChI is InChI=1S/C13H14N2O7S/c1-22-13(17)12(4-2-3-9-16)14-23(20,21)11-7-5-10(6-8-11)15(18)19/h2-3,5-9,12,14H,4H2,1H3/t12-/m0/s1. The highest BCUT2D eigenvalue weighted by Crippen LogP contribution is 2.16. The van der Waals surface area contributed by atoms with E-state index >= 15 is 0 Å². The number of non-ortho nitro benzene ring substituents is 1. The van der Waals surface area contributed by atoms with Crippen LogP contribution in [0, 0.1) is 10.1 Å². The summed E-state index contributed by atoms with van der Waals surface area (Å²) in [5.74, 6) is -0.828. The first kappa shape index (κ1) is 18.5. The predicted octanol–water partition coefficient (Wildman–Crippen LogP) is 0.560. The number of benzene rings is 1. The van der Waals surface area contributed by atoms with Gasteiger partial charge in [-0.25, -0.2) is 8.42 Å². The zero-order valence-corrected chi connectivity index (χ0v) is 12.9. The van der Waals surface area contributed by atoms with Crippen molar-refractivity contribution in [3.8, 4) is 0 Å². The zero-order valence-electron chi connectivity index (χ0n) is 12.0. The Hall–Kier alpha value is -2.59. The topological polar surface area (TPSA) is 133 Å². The minimum atomic E-state index is -4.09. The number of nitro groups is 1. The minimum absolute atomic E-state index is 0.0857. The van der Waals surface area contributed by atoms with Gasteiger partial charge in [-0.3, -0.25) is 19.7 Å². The molecule has 1 rings (SSSR count). The first-order chi connectivity index (χ1) is 10.8. The van der Waals surface area contributed by atoms with Crippen molar-refractivity contribution < 1.29 is 27.7 Å². The van der Waals surface area contributed by atoms with E-state index in [0.717, 1.165) is 37.5 Å². The number of carbonyl (C=O) groups is 2. The van der Waals surface area contributed by atoms with Gasteiger partial charge in [0.25, 0.3) is 5.69 Å². The van der Waals surface area contributed by atoms with Crippen molar-refractivity contribution >= 4 is 28.0 Å². The molecular weight excluding hydrogens is 328 g/mol. The zero-order chi connectivity index (χ0) is 17.5. The average Bonchev–Trinajstić information content (AvgIpc) is 2.53. The van der Waals surface area contributed by atoms with Crippen LogP contribution < -0.4 is 4.72 Å². The van der Waals surface area contributed by atoms with Gasteiger partial charge in [0, 0.05) is 12.1 Å². The second-order valence-electron chi connectivity index (χ2n) is 4.25. The van der Waals surface area contributed by atoms with E-state index < -0.39 is 27.0 Å². The second kappa shape index (κ2) is 8.15. The molecule has 0 fully saturated rings. The lowest BCUT2D eigenvalue weighted by Crippen LogP contribution is -2.41. The minimum Gasteiger partial charge on any atom is -0.468 e. The summed E-state index contributed by atoms with van der Waals surface area (Å²) in [4.78, 5) is 31.5. The van der Waals surface area contributed by atoms with Crippen molar-refractivity contribution in [2.24, 2.45) is 0 Å². The highest BCUT2D eigenvalue weighted by molar-refractivity contribution is 7.89. The molecule has 1 aromatic carbocycles. The van der Waals surface area contributed by atoms with Crippen LogP contribution in [0.2, 0.25) is 0 Å². The quantitative estimate of drug-likeness (QED) is 0.240. The number of methoxy groups -OCH3 is 1. The summed E-state index contributed by atoms with van der Waals surface area (Å²) in [6.07, 6.45) is 2.83. The Morgan fingerprint density at radius 1 is 1.39 bits per heavy atom. The number of esters is 1. The fourth-order valence-corrected chi connectivity index (χ4v) is 2.80. The molecule has 0 amide bonds. The van der Waals surface area contributed by atoms with Gasteiger partial charge in [0.1, 0.15) is 12.3 Å². The third-order valence-corrected chi connectivity index (χ3v) is 4.21. The SMILES string of the molecule is COC(=O)[C@H](CC=CC=O)NS(=O)(=O)c1ccc([N+](=O)[O-])cc1. The third-order valence-electron chi connectivity index (χ3n) is 2.73. The molecule has 0 heterocycles. The maximum atomic E-state index is 12.2. The van der Waals surface area contributed by atoms with Gasteiger partial charge < -0.3 is 4.74 Å². The molecule has 0 unspecified atom stereocenters. The summed E-state index contributed by atoms with van der Waals surface area (Å²) in [7, 11) is -2.99. The van der Waals surface area contributed by atoms with E-state index in [2.05, 4.69) is 9.46 Å². The Balaban J connectivity index is 3.00.